The van der Waals surface area contributed by atoms with Gasteiger partial charge in [0.15, 0.2) is 0 Å². The van der Waals surface area contributed by atoms with E-state index in [2.05, 4.69) is 51.9 Å². The van der Waals surface area contributed by atoms with Gasteiger partial charge in [-0.2, -0.15) is 5.10 Å². The number of halogens is 1. The first-order valence-corrected chi connectivity index (χ1v) is 9.36. The Morgan fingerprint density at radius 2 is 2.00 bits per heavy atom. The van der Waals surface area contributed by atoms with Gasteiger partial charge in [-0.25, -0.2) is 0 Å². The van der Waals surface area contributed by atoms with E-state index in [1.807, 2.05) is 0 Å². The van der Waals surface area contributed by atoms with E-state index in [1.54, 1.807) is 0 Å². The molecular formula is C17H28BrN3. The average Bonchev–Trinajstić information content (AvgIpc) is 2.99. The number of hydrogen-bond donors (Lipinski definition) is 1. The number of aryl methyl sites for hydroxylation is 2. The maximum absolute atomic E-state index is 4.65. The molecule has 1 N–H and O–H groups in total. The summed E-state index contributed by atoms with van der Waals surface area (Å²) in [7, 11) is 2.09. The van der Waals surface area contributed by atoms with Crippen molar-refractivity contribution in [2.24, 2.45) is 24.8 Å². The molecule has 0 aliphatic heterocycles. The molecule has 3 atom stereocenters. The first kappa shape index (κ1) is 15.5. The molecular weight excluding hydrogens is 326 g/mol. The van der Waals surface area contributed by atoms with E-state index in [1.165, 1.54) is 41.5 Å². The molecule has 1 heterocycles. The van der Waals surface area contributed by atoms with Gasteiger partial charge >= 0.3 is 0 Å². The van der Waals surface area contributed by atoms with Crippen molar-refractivity contribution in [3.05, 3.63) is 15.9 Å². The van der Waals surface area contributed by atoms with Crippen molar-refractivity contribution in [2.45, 2.75) is 58.4 Å². The smallest absolute Gasteiger partial charge is 0.0766 e. The minimum Gasteiger partial charge on any atom is -0.313 e. The second kappa shape index (κ2) is 6.41. The molecule has 0 radical (unpaired) electrons. The van der Waals surface area contributed by atoms with Crippen LogP contribution in [-0.2, 0) is 19.9 Å². The second-order valence-electron chi connectivity index (χ2n) is 6.94. The summed E-state index contributed by atoms with van der Waals surface area (Å²) < 4.78 is 3.32. The van der Waals surface area contributed by atoms with Crippen molar-refractivity contribution in [3.63, 3.8) is 0 Å². The van der Waals surface area contributed by atoms with Crippen LogP contribution in [0.3, 0.4) is 0 Å². The van der Waals surface area contributed by atoms with E-state index >= 15 is 0 Å². The van der Waals surface area contributed by atoms with Crippen LogP contribution in [0, 0.1) is 17.8 Å². The molecule has 2 aliphatic carbocycles. The minimum absolute atomic E-state index is 0.620. The quantitative estimate of drug-likeness (QED) is 0.809. The highest BCUT2D eigenvalue weighted by molar-refractivity contribution is 9.10. The lowest BCUT2D eigenvalue weighted by Gasteiger charge is -2.26. The van der Waals surface area contributed by atoms with Crippen molar-refractivity contribution in [1.82, 2.24) is 15.1 Å². The van der Waals surface area contributed by atoms with Crippen LogP contribution in [0.1, 0.15) is 50.9 Å². The number of nitrogens with one attached hydrogen (secondary N) is 1. The normalized spacial score (nSPS) is 28.7. The number of hydrogen-bond acceptors (Lipinski definition) is 2. The van der Waals surface area contributed by atoms with Crippen LogP contribution < -0.4 is 5.32 Å². The standard InChI is InChI=1S/C17H28BrN3/c1-4-6-19-15(13-8-11-7-12(11)9-13)10-16-17(18)14(5-2)20-21(16)3/h11-13,15,19H,4-10H2,1-3H3. The van der Waals surface area contributed by atoms with Gasteiger partial charge in [0.25, 0.3) is 0 Å². The Bertz CT molecular complexity index is 486. The predicted molar refractivity (Wildman–Crippen MR) is 90.4 cm³/mol. The molecule has 21 heavy (non-hydrogen) atoms. The average molecular weight is 354 g/mol. The molecule has 1 aromatic heterocycles. The summed E-state index contributed by atoms with van der Waals surface area (Å²) in [5.41, 5.74) is 2.55. The number of fused-ring (bicyclic) bond motifs is 1. The summed E-state index contributed by atoms with van der Waals surface area (Å²) in [6, 6.07) is 0.620. The molecule has 3 rings (SSSR count). The summed E-state index contributed by atoms with van der Waals surface area (Å²) in [4.78, 5) is 0. The van der Waals surface area contributed by atoms with Crippen LogP contribution in [0.5, 0.6) is 0 Å². The fourth-order valence-corrected chi connectivity index (χ4v) is 4.85. The monoisotopic (exact) mass is 353 g/mol. The van der Waals surface area contributed by atoms with Gasteiger partial charge in [-0.15, -0.1) is 0 Å². The highest BCUT2D eigenvalue weighted by atomic mass is 79.9. The molecule has 0 bridgehead atoms. The molecule has 2 fully saturated rings. The summed E-state index contributed by atoms with van der Waals surface area (Å²) in [6.07, 6.45) is 7.71. The lowest BCUT2D eigenvalue weighted by atomic mass is 9.91. The summed E-state index contributed by atoms with van der Waals surface area (Å²) >= 11 is 3.78. The van der Waals surface area contributed by atoms with E-state index in [9.17, 15) is 0 Å². The second-order valence-corrected chi connectivity index (χ2v) is 7.73. The van der Waals surface area contributed by atoms with Crippen molar-refractivity contribution in [2.75, 3.05) is 6.54 Å². The fourth-order valence-electron chi connectivity index (χ4n) is 4.08. The zero-order valence-electron chi connectivity index (χ0n) is 13.5. The van der Waals surface area contributed by atoms with Crippen molar-refractivity contribution in [1.29, 1.82) is 0 Å². The van der Waals surface area contributed by atoms with Gasteiger partial charge in [0.05, 0.1) is 15.9 Å². The Balaban J connectivity index is 1.72. The zero-order valence-corrected chi connectivity index (χ0v) is 15.1. The number of nitrogens with zero attached hydrogens (tertiary/aromatic N) is 2. The third-order valence-electron chi connectivity index (χ3n) is 5.42. The van der Waals surface area contributed by atoms with E-state index in [0.29, 0.717) is 6.04 Å². The highest BCUT2D eigenvalue weighted by Crippen LogP contribution is 2.55. The lowest BCUT2D eigenvalue weighted by Crippen LogP contribution is -2.38. The summed E-state index contributed by atoms with van der Waals surface area (Å²) in [5.74, 6) is 2.98. The molecule has 1 aromatic rings. The van der Waals surface area contributed by atoms with Crippen LogP contribution in [0.4, 0.5) is 0 Å². The third-order valence-corrected chi connectivity index (χ3v) is 6.34. The molecule has 2 aliphatic rings. The first-order valence-electron chi connectivity index (χ1n) is 8.57. The molecule has 3 nitrogen and oxygen atoms in total. The molecule has 0 amide bonds. The number of aromatic nitrogens is 2. The van der Waals surface area contributed by atoms with E-state index in [4.69, 9.17) is 0 Å². The Morgan fingerprint density at radius 1 is 1.29 bits per heavy atom. The Morgan fingerprint density at radius 3 is 2.57 bits per heavy atom. The van der Waals surface area contributed by atoms with Gasteiger partial charge in [-0.3, -0.25) is 4.68 Å². The minimum atomic E-state index is 0.620. The van der Waals surface area contributed by atoms with E-state index < -0.39 is 0 Å². The van der Waals surface area contributed by atoms with Gasteiger partial charge in [0.1, 0.15) is 0 Å². The van der Waals surface area contributed by atoms with Crippen molar-refractivity contribution < 1.29 is 0 Å². The summed E-state index contributed by atoms with van der Waals surface area (Å²) in [6.45, 7) is 5.56. The van der Waals surface area contributed by atoms with Gasteiger partial charge in [-0.1, -0.05) is 13.8 Å². The van der Waals surface area contributed by atoms with Gasteiger partial charge in [0.2, 0.25) is 0 Å². The first-order chi connectivity index (χ1) is 10.1. The molecule has 4 heteroatoms. The highest BCUT2D eigenvalue weighted by Gasteiger charge is 2.47. The van der Waals surface area contributed by atoms with Gasteiger partial charge in [-0.05, 0) is 72.3 Å². The molecule has 0 saturated heterocycles. The van der Waals surface area contributed by atoms with Gasteiger partial charge < -0.3 is 5.32 Å². The van der Waals surface area contributed by atoms with Crippen molar-refractivity contribution in [3.8, 4) is 0 Å². The molecule has 0 aromatic carbocycles. The van der Waals surface area contributed by atoms with Crippen LogP contribution >= 0.6 is 15.9 Å². The summed E-state index contributed by atoms with van der Waals surface area (Å²) in [5, 5.41) is 8.48. The molecule has 2 saturated carbocycles. The van der Waals surface area contributed by atoms with Crippen molar-refractivity contribution >= 4 is 15.9 Å². The molecule has 0 spiro atoms. The lowest BCUT2D eigenvalue weighted by molar-refractivity contribution is 0.327. The molecule has 118 valence electrons. The van der Waals surface area contributed by atoms with Crippen LogP contribution in [-0.4, -0.2) is 22.4 Å². The van der Waals surface area contributed by atoms with E-state index in [0.717, 1.165) is 37.1 Å². The zero-order chi connectivity index (χ0) is 15.0. The third kappa shape index (κ3) is 3.21. The number of rotatable bonds is 7. The Labute approximate surface area is 137 Å². The van der Waals surface area contributed by atoms with Crippen LogP contribution in [0.25, 0.3) is 0 Å². The fraction of sp³-hybridized carbons (Fsp3) is 0.824. The predicted octanol–water partition coefficient (Wildman–Crippen LogP) is 3.70. The van der Waals surface area contributed by atoms with Crippen LogP contribution in [0.15, 0.2) is 4.47 Å². The van der Waals surface area contributed by atoms with E-state index in [-0.39, 0.29) is 0 Å². The van der Waals surface area contributed by atoms with Crippen LogP contribution in [0.2, 0.25) is 0 Å². The maximum Gasteiger partial charge on any atom is 0.0766 e. The Hall–Kier alpha value is -0.350. The maximum atomic E-state index is 4.65. The Kier molecular flexibility index (Phi) is 4.75. The SMILES string of the molecule is CCCNC(Cc1c(Br)c(CC)nn1C)C1CC2CC2C1. The topological polar surface area (TPSA) is 29.9 Å². The van der Waals surface area contributed by atoms with Gasteiger partial charge in [0, 0.05) is 19.5 Å². The molecule has 3 unspecified atom stereocenters. The largest absolute Gasteiger partial charge is 0.313 e.